The Hall–Kier alpha value is -1.10. The quantitative estimate of drug-likeness (QED) is 0.902. The number of benzene rings is 1. The van der Waals surface area contributed by atoms with Crippen LogP contribution in [-0.2, 0) is 10.2 Å². The summed E-state index contributed by atoms with van der Waals surface area (Å²) >= 11 is 3.08. The topological polar surface area (TPSA) is 57.5 Å². The highest BCUT2D eigenvalue weighted by molar-refractivity contribution is 9.10. The summed E-state index contributed by atoms with van der Waals surface area (Å²) in [6.07, 6.45) is 1.27. The van der Waals surface area contributed by atoms with Crippen LogP contribution in [-0.4, -0.2) is 16.2 Å². The van der Waals surface area contributed by atoms with Crippen LogP contribution in [0, 0.1) is 12.7 Å². The van der Waals surface area contributed by atoms with Gasteiger partial charge < -0.3 is 10.2 Å². The molecule has 2 rings (SSSR count). The van der Waals surface area contributed by atoms with Crippen molar-refractivity contribution in [2.45, 2.75) is 31.6 Å². The number of phenolic OH excluding ortho intramolecular Hbond substituents is 1. The van der Waals surface area contributed by atoms with E-state index in [0.717, 1.165) is 0 Å². The third-order valence-electron chi connectivity index (χ3n) is 3.32. The molecule has 1 aromatic carbocycles. The van der Waals surface area contributed by atoms with Gasteiger partial charge in [0.25, 0.3) is 0 Å². The highest BCUT2D eigenvalue weighted by atomic mass is 79.9. The molecule has 0 amide bonds. The number of carbonyl (C=O) groups is 1. The molecule has 0 bridgehead atoms. The van der Waals surface area contributed by atoms with E-state index >= 15 is 0 Å². The lowest BCUT2D eigenvalue weighted by molar-refractivity contribution is -0.137. The van der Waals surface area contributed by atoms with E-state index in [1.165, 1.54) is 6.07 Å². The second-order valence-corrected chi connectivity index (χ2v) is 5.39. The van der Waals surface area contributed by atoms with Crippen LogP contribution in [0.25, 0.3) is 0 Å². The highest BCUT2D eigenvalue weighted by Crippen LogP contribution is 2.56. The number of aromatic hydroxyl groups is 1. The monoisotopic (exact) mass is 302 g/mol. The van der Waals surface area contributed by atoms with E-state index in [1.54, 1.807) is 6.92 Å². The minimum atomic E-state index is -0.929. The molecule has 1 aliphatic rings. The third kappa shape index (κ3) is 2.04. The van der Waals surface area contributed by atoms with Gasteiger partial charge in [0.15, 0.2) is 0 Å². The summed E-state index contributed by atoms with van der Waals surface area (Å²) < 4.78 is 13.9. The first-order chi connectivity index (χ1) is 7.87. The molecule has 1 fully saturated rings. The minimum Gasteiger partial charge on any atom is -0.506 e. The zero-order valence-corrected chi connectivity index (χ0v) is 10.8. The van der Waals surface area contributed by atoms with Gasteiger partial charge >= 0.3 is 5.97 Å². The maximum atomic E-state index is 13.6. The molecule has 2 N–H and O–H groups in total. The first kappa shape index (κ1) is 12.4. The first-order valence-electron chi connectivity index (χ1n) is 5.27. The lowest BCUT2D eigenvalue weighted by Gasteiger charge is -2.19. The maximum Gasteiger partial charge on any atom is 0.304 e. The van der Waals surface area contributed by atoms with Gasteiger partial charge in [0, 0.05) is 11.0 Å². The van der Waals surface area contributed by atoms with Crippen LogP contribution in [0.2, 0.25) is 0 Å². The highest BCUT2D eigenvalue weighted by Gasteiger charge is 2.49. The van der Waals surface area contributed by atoms with Gasteiger partial charge in [-0.3, -0.25) is 4.79 Å². The van der Waals surface area contributed by atoms with Crippen LogP contribution in [0.3, 0.4) is 0 Å². The number of hydrogen-bond donors (Lipinski definition) is 2. The summed E-state index contributed by atoms with van der Waals surface area (Å²) in [5.41, 5.74) is 0.182. The van der Waals surface area contributed by atoms with Gasteiger partial charge in [-0.1, -0.05) is 0 Å². The van der Waals surface area contributed by atoms with Gasteiger partial charge in [-0.05, 0) is 47.3 Å². The van der Waals surface area contributed by atoms with Gasteiger partial charge in [-0.2, -0.15) is 0 Å². The summed E-state index contributed by atoms with van der Waals surface area (Å²) in [5.74, 6) is -1.40. The smallest absolute Gasteiger partial charge is 0.304 e. The first-order valence-corrected chi connectivity index (χ1v) is 6.06. The molecule has 0 radical (unpaired) electrons. The largest absolute Gasteiger partial charge is 0.506 e. The normalized spacial score (nSPS) is 16.9. The summed E-state index contributed by atoms with van der Waals surface area (Å²) in [6.45, 7) is 1.57. The average Bonchev–Trinajstić information content (AvgIpc) is 2.95. The summed E-state index contributed by atoms with van der Waals surface area (Å²) in [7, 11) is 0. The predicted molar refractivity (Wildman–Crippen MR) is 63.7 cm³/mol. The Kier molecular flexibility index (Phi) is 2.89. The molecule has 0 spiro atoms. The molecule has 0 aromatic heterocycles. The second kappa shape index (κ2) is 3.98. The van der Waals surface area contributed by atoms with Gasteiger partial charge in [0.1, 0.15) is 11.6 Å². The van der Waals surface area contributed by atoms with Crippen LogP contribution in [0.1, 0.15) is 30.4 Å². The molecule has 5 heteroatoms. The molecule has 0 saturated heterocycles. The van der Waals surface area contributed by atoms with Crippen molar-refractivity contribution in [2.75, 3.05) is 0 Å². The number of halogens is 2. The Labute approximate surface area is 106 Å². The second-order valence-electron chi connectivity index (χ2n) is 4.54. The van der Waals surface area contributed by atoms with E-state index in [0.29, 0.717) is 24.0 Å². The molecule has 0 atom stereocenters. The summed E-state index contributed by atoms with van der Waals surface area (Å²) in [4.78, 5) is 10.8. The SMILES string of the molecule is Cc1c(F)cc(Br)c(O)c1C1(CC(=O)O)CC1. The molecular formula is C12H12BrFO3. The molecule has 1 saturated carbocycles. The van der Waals surface area contributed by atoms with Gasteiger partial charge in [0.2, 0.25) is 0 Å². The van der Waals surface area contributed by atoms with Crippen molar-refractivity contribution in [2.24, 2.45) is 0 Å². The Balaban J connectivity index is 2.55. The van der Waals surface area contributed by atoms with E-state index < -0.39 is 17.2 Å². The van der Waals surface area contributed by atoms with Crippen molar-refractivity contribution in [1.29, 1.82) is 0 Å². The Morgan fingerprint density at radius 1 is 1.59 bits per heavy atom. The lowest BCUT2D eigenvalue weighted by atomic mass is 9.88. The lowest BCUT2D eigenvalue weighted by Crippen LogP contribution is -2.15. The number of phenols is 1. The van der Waals surface area contributed by atoms with E-state index in [1.807, 2.05) is 0 Å². The zero-order valence-electron chi connectivity index (χ0n) is 9.26. The van der Waals surface area contributed by atoms with Crippen molar-refractivity contribution in [1.82, 2.24) is 0 Å². The van der Waals surface area contributed by atoms with Gasteiger partial charge in [0.05, 0.1) is 10.9 Å². The number of carboxylic acid groups (broad SMARTS) is 1. The average molecular weight is 303 g/mol. The molecule has 0 aliphatic heterocycles. The zero-order chi connectivity index (χ0) is 12.8. The van der Waals surface area contributed by atoms with Crippen molar-refractivity contribution >= 4 is 21.9 Å². The fraction of sp³-hybridized carbons (Fsp3) is 0.417. The molecule has 1 aliphatic carbocycles. The van der Waals surface area contributed by atoms with E-state index in [9.17, 15) is 14.3 Å². The molecule has 92 valence electrons. The maximum absolute atomic E-state index is 13.6. The van der Waals surface area contributed by atoms with Crippen molar-refractivity contribution in [3.8, 4) is 5.75 Å². The fourth-order valence-corrected chi connectivity index (χ4v) is 2.71. The summed E-state index contributed by atoms with van der Waals surface area (Å²) in [6, 6.07) is 1.20. The van der Waals surface area contributed by atoms with Crippen molar-refractivity contribution in [3.05, 3.63) is 27.5 Å². The van der Waals surface area contributed by atoms with E-state index in [-0.39, 0.29) is 16.6 Å². The van der Waals surface area contributed by atoms with Gasteiger partial charge in [-0.25, -0.2) is 4.39 Å². The number of rotatable bonds is 3. The molecule has 0 unspecified atom stereocenters. The predicted octanol–water partition coefficient (Wildman–Crippen LogP) is 3.11. The van der Waals surface area contributed by atoms with Crippen LogP contribution >= 0.6 is 15.9 Å². The Morgan fingerprint density at radius 3 is 2.65 bits per heavy atom. The fourth-order valence-electron chi connectivity index (χ4n) is 2.31. The van der Waals surface area contributed by atoms with Crippen LogP contribution in [0.4, 0.5) is 4.39 Å². The van der Waals surface area contributed by atoms with Crippen LogP contribution < -0.4 is 0 Å². The molecule has 17 heavy (non-hydrogen) atoms. The minimum absolute atomic E-state index is 0.0392. The third-order valence-corrected chi connectivity index (χ3v) is 3.93. The van der Waals surface area contributed by atoms with E-state index in [2.05, 4.69) is 15.9 Å². The van der Waals surface area contributed by atoms with Crippen molar-refractivity contribution < 1.29 is 19.4 Å². The molecular weight excluding hydrogens is 291 g/mol. The van der Waals surface area contributed by atoms with Crippen molar-refractivity contribution in [3.63, 3.8) is 0 Å². The Morgan fingerprint density at radius 2 is 2.18 bits per heavy atom. The number of carboxylic acids is 1. The molecule has 3 nitrogen and oxygen atoms in total. The molecule has 0 heterocycles. The van der Waals surface area contributed by atoms with E-state index in [4.69, 9.17) is 5.11 Å². The van der Waals surface area contributed by atoms with Crippen LogP contribution in [0.5, 0.6) is 5.75 Å². The van der Waals surface area contributed by atoms with Crippen LogP contribution in [0.15, 0.2) is 10.5 Å². The molecule has 1 aromatic rings. The van der Waals surface area contributed by atoms with Gasteiger partial charge in [-0.15, -0.1) is 0 Å². The summed E-state index contributed by atoms with van der Waals surface area (Å²) in [5, 5.41) is 18.9. The Bertz CT molecular complexity index is 469. The number of hydrogen-bond acceptors (Lipinski definition) is 2. The number of aliphatic carboxylic acids is 1. The standard InChI is InChI=1S/C12H12BrFO3/c1-6-8(14)4-7(13)11(17)10(6)12(2-3-12)5-9(15)16/h4,17H,2-3,5H2,1H3,(H,15,16).